The van der Waals surface area contributed by atoms with Crippen molar-refractivity contribution in [1.29, 1.82) is 0 Å². The van der Waals surface area contributed by atoms with Crippen LogP contribution in [0.4, 0.5) is 0 Å². The minimum absolute atomic E-state index is 0.0670. The molecular formula is C25H29NO6S. The molecule has 33 heavy (non-hydrogen) atoms. The normalized spacial score (nSPS) is 12.8. The van der Waals surface area contributed by atoms with Gasteiger partial charge in [-0.15, -0.1) is 0 Å². The molecule has 0 radical (unpaired) electrons. The Balaban J connectivity index is 1.86. The smallest absolute Gasteiger partial charge is 0.339 e. The molecule has 1 N–H and O–H groups in total. The van der Waals surface area contributed by atoms with E-state index in [1.165, 1.54) is 18.2 Å². The predicted octanol–water partition coefficient (Wildman–Crippen LogP) is 4.27. The Morgan fingerprint density at radius 3 is 2.36 bits per heavy atom. The molecule has 8 heteroatoms. The van der Waals surface area contributed by atoms with Gasteiger partial charge in [0.05, 0.1) is 4.90 Å². The standard InChI is InChI=1S/C25H29NO6S/c1-6-7-21-17(5)20-13-10-18(14-22(20)32-24(21)27)31-25(28)23(15(2)3)26-33(29,30)19-11-8-16(4)9-12-19/h8-15,23,26H,6-7H2,1-5H3/t23-/m1/s1. The van der Waals surface area contributed by atoms with E-state index in [2.05, 4.69) is 4.72 Å². The molecular weight excluding hydrogens is 442 g/mol. The second kappa shape index (κ2) is 9.89. The molecule has 2 aromatic carbocycles. The van der Waals surface area contributed by atoms with Crippen molar-refractivity contribution >= 4 is 27.0 Å². The summed E-state index contributed by atoms with van der Waals surface area (Å²) in [4.78, 5) is 25.3. The third kappa shape index (κ3) is 5.51. The van der Waals surface area contributed by atoms with Gasteiger partial charge in [-0.25, -0.2) is 18.0 Å². The zero-order chi connectivity index (χ0) is 24.3. The Morgan fingerprint density at radius 2 is 1.76 bits per heavy atom. The van der Waals surface area contributed by atoms with Crippen molar-refractivity contribution in [1.82, 2.24) is 4.72 Å². The highest BCUT2D eigenvalue weighted by Gasteiger charge is 2.30. The summed E-state index contributed by atoms with van der Waals surface area (Å²) >= 11 is 0. The average molecular weight is 472 g/mol. The van der Waals surface area contributed by atoms with Crippen molar-refractivity contribution in [2.75, 3.05) is 0 Å². The van der Waals surface area contributed by atoms with E-state index in [1.54, 1.807) is 38.1 Å². The van der Waals surface area contributed by atoms with Gasteiger partial charge in [-0.2, -0.15) is 4.72 Å². The average Bonchev–Trinajstić information content (AvgIpc) is 2.75. The molecule has 0 aliphatic heterocycles. The van der Waals surface area contributed by atoms with E-state index in [9.17, 15) is 18.0 Å². The number of hydrogen-bond donors (Lipinski definition) is 1. The van der Waals surface area contributed by atoms with E-state index in [4.69, 9.17) is 9.15 Å². The van der Waals surface area contributed by atoms with Crippen LogP contribution in [0.25, 0.3) is 11.0 Å². The van der Waals surface area contributed by atoms with Crippen LogP contribution < -0.4 is 15.1 Å². The van der Waals surface area contributed by atoms with Gasteiger partial charge in [0.25, 0.3) is 0 Å². The van der Waals surface area contributed by atoms with Crippen LogP contribution in [0.1, 0.15) is 43.9 Å². The molecule has 0 bridgehead atoms. The number of hydrogen-bond acceptors (Lipinski definition) is 6. The summed E-state index contributed by atoms with van der Waals surface area (Å²) in [6, 6.07) is 10.1. The number of ether oxygens (including phenoxy) is 1. The highest BCUT2D eigenvalue weighted by atomic mass is 32.2. The molecule has 1 heterocycles. The molecule has 1 aromatic heterocycles. The molecule has 0 spiro atoms. The van der Waals surface area contributed by atoms with Gasteiger partial charge < -0.3 is 9.15 Å². The van der Waals surface area contributed by atoms with Crippen molar-refractivity contribution in [3.63, 3.8) is 0 Å². The van der Waals surface area contributed by atoms with Crippen LogP contribution in [-0.4, -0.2) is 20.4 Å². The van der Waals surface area contributed by atoms with Crippen molar-refractivity contribution in [3.05, 3.63) is 69.6 Å². The van der Waals surface area contributed by atoms with Crippen LogP contribution >= 0.6 is 0 Å². The van der Waals surface area contributed by atoms with Crippen LogP contribution in [0.3, 0.4) is 0 Å². The van der Waals surface area contributed by atoms with Gasteiger partial charge in [0.1, 0.15) is 17.4 Å². The highest BCUT2D eigenvalue weighted by molar-refractivity contribution is 7.89. The largest absolute Gasteiger partial charge is 0.425 e. The zero-order valence-corrected chi connectivity index (χ0v) is 20.3. The van der Waals surface area contributed by atoms with E-state index < -0.39 is 27.7 Å². The van der Waals surface area contributed by atoms with Crippen molar-refractivity contribution in [2.24, 2.45) is 5.92 Å². The lowest BCUT2D eigenvalue weighted by molar-refractivity contribution is -0.137. The van der Waals surface area contributed by atoms with Gasteiger partial charge in [-0.05, 0) is 56.0 Å². The first-order valence-electron chi connectivity index (χ1n) is 10.9. The summed E-state index contributed by atoms with van der Waals surface area (Å²) in [5.41, 5.74) is 2.31. The van der Waals surface area contributed by atoms with E-state index in [-0.39, 0.29) is 16.6 Å². The molecule has 0 saturated carbocycles. The van der Waals surface area contributed by atoms with Crippen molar-refractivity contribution in [2.45, 2.75) is 58.4 Å². The lowest BCUT2D eigenvalue weighted by Gasteiger charge is -2.21. The van der Waals surface area contributed by atoms with E-state index in [0.29, 0.717) is 17.6 Å². The Morgan fingerprint density at radius 1 is 1.09 bits per heavy atom. The summed E-state index contributed by atoms with van der Waals surface area (Å²) in [6.07, 6.45) is 1.44. The van der Waals surface area contributed by atoms with Gasteiger partial charge in [0.15, 0.2) is 0 Å². The maximum atomic E-state index is 12.9. The number of rotatable bonds is 8. The van der Waals surface area contributed by atoms with Crippen LogP contribution in [0.2, 0.25) is 0 Å². The summed E-state index contributed by atoms with van der Waals surface area (Å²) < 4.78 is 38.9. The topological polar surface area (TPSA) is 103 Å². The number of aryl methyl sites for hydroxylation is 2. The number of carbonyl (C=O) groups is 1. The van der Waals surface area contributed by atoms with E-state index >= 15 is 0 Å². The highest BCUT2D eigenvalue weighted by Crippen LogP contribution is 2.25. The molecule has 1 atom stereocenters. The molecule has 3 rings (SSSR count). The fourth-order valence-electron chi connectivity index (χ4n) is 3.57. The van der Waals surface area contributed by atoms with Crippen LogP contribution in [0.5, 0.6) is 5.75 Å². The fraction of sp³-hybridized carbons (Fsp3) is 0.360. The Kier molecular flexibility index (Phi) is 7.39. The minimum atomic E-state index is -3.93. The van der Waals surface area contributed by atoms with Gasteiger partial charge in [0.2, 0.25) is 10.0 Å². The molecule has 3 aromatic rings. The first kappa shape index (κ1) is 24.7. The number of benzene rings is 2. The monoisotopic (exact) mass is 471 g/mol. The number of sulfonamides is 1. The van der Waals surface area contributed by atoms with Gasteiger partial charge >= 0.3 is 11.6 Å². The Labute approximate surface area is 193 Å². The maximum Gasteiger partial charge on any atom is 0.339 e. The van der Waals surface area contributed by atoms with Crippen molar-refractivity contribution < 1.29 is 22.4 Å². The third-order valence-electron chi connectivity index (χ3n) is 5.51. The summed E-state index contributed by atoms with van der Waals surface area (Å²) in [5.74, 6) is -0.949. The molecule has 176 valence electrons. The SMILES string of the molecule is CCCc1c(C)c2ccc(OC(=O)[C@H](NS(=O)(=O)c3ccc(C)cc3)C(C)C)cc2oc1=O. The summed E-state index contributed by atoms with van der Waals surface area (Å²) in [7, 11) is -3.93. The van der Waals surface area contributed by atoms with Crippen LogP contribution in [0, 0.1) is 19.8 Å². The molecule has 0 fully saturated rings. The second-order valence-electron chi connectivity index (χ2n) is 8.48. The predicted molar refractivity (Wildman–Crippen MR) is 127 cm³/mol. The summed E-state index contributed by atoms with van der Waals surface area (Å²) in [5, 5.41) is 0.762. The molecule has 0 aliphatic carbocycles. The first-order valence-corrected chi connectivity index (χ1v) is 12.4. The Bertz CT molecular complexity index is 1320. The third-order valence-corrected chi connectivity index (χ3v) is 6.97. The molecule has 0 unspecified atom stereocenters. The van der Waals surface area contributed by atoms with Crippen LogP contribution in [-0.2, 0) is 21.2 Å². The second-order valence-corrected chi connectivity index (χ2v) is 10.2. The van der Waals surface area contributed by atoms with Gasteiger partial charge in [-0.3, -0.25) is 0 Å². The number of nitrogens with one attached hydrogen (secondary N) is 1. The van der Waals surface area contributed by atoms with E-state index in [0.717, 1.165) is 22.9 Å². The fourth-order valence-corrected chi connectivity index (χ4v) is 4.90. The first-order chi connectivity index (χ1) is 15.5. The minimum Gasteiger partial charge on any atom is -0.425 e. The summed E-state index contributed by atoms with van der Waals surface area (Å²) in [6.45, 7) is 9.16. The molecule has 0 amide bonds. The number of carbonyl (C=O) groups excluding carboxylic acids is 1. The number of fused-ring (bicyclic) bond motifs is 1. The molecule has 0 aliphatic rings. The molecule has 7 nitrogen and oxygen atoms in total. The maximum absolute atomic E-state index is 12.9. The number of esters is 1. The van der Waals surface area contributed by atoms with E-state index in [1.807, 2.05) is 20.8 Å². The Hall–Kier alpha value is -2.97. The lowest BCUT2D eigenvalue weighted by atomic mass is 10.0. The lowest BCUT2D eigenvalue weighted by Crippen LogP contribution is -2.46. The van der Waals surface area contributed by atoms with Gasteiger partial charge in [0, 0.05) is 17.0 Å². The van der Waals surface area contributed by atoms with Crippen molar-refractivity contribution in [3.8, 4) is 5.75 Å². The van der Waals surface area contributed by atoms with Crippen LogP contribution in [0.15, 0.2) is 56.6 Å². The zero-order valence-electron chi connectivity index (χ0n) is 19.5. The van der Waals surface area contributed by atoms with Gasteiger partial charge in [-0.1, -0.05) is 44.9 Å². The quantitative estimate of drug-likeness (QED) is 0.299. The molecule has 0 saturated heterocycles.